The number of phenols is 1. The third-order valence-corrected chi connectivity index (χ3v) is 3.99. The van der Waals surface area contributed by atoms with Crippen molar-refractivity contribution in [3.63, 3.8) is 0 Å². The number of hydrogen-bond acceptors (Lipinski definition) is 2. The zero-order valence-electron chi connectivity index (χ0n) is 11.9. The molecule has 0 amide bonds. The Morgan fingerprint density at radius 2 is 1.57 bits per heavy atom. The van der Waals surface area contributed by atoms with E-state index in [2.05, 4.69) is 30.3 Å². The SMILES string of the molecule is NCC(Cc1ccccc1O)c1ccc2ccccc2c1. The molecule has 3 rings (SSSR count). The van der Waals surface area contributed by atoms with Crippen LogP contribution < -0.4 is 5.73 Å². The third-order valence-electron chi connectivity index (χ3n) is 3.99. The van der Waals surface area contributed by atoms with Crippen molar-refractivity contribution in [3.05, 3.63) is 77.9 Å². The van der Waals surface area contributed by atoms with Crippen LogP contribution in [0.15, 0.2) is 66.7 Å². The van der Waals surface area contributed by atoms with Crippen LogP contribution in [0.3, 0.4) is 0 Å². The lowest BCUT2D eigenvalue weighted by molar-refractivity contribution is 0.465. The summed E-state index contributed by atoms with van der Waals surface area (Å²) in [7, 11) is 0. The average molecular weight is 277 g/mol. The van der Waals surface area contributed by atoms with Gasteiger partial charge in [-0.15, -0.1) is 0 Å². The number of aromatic hydroxyl groups is 1. The number of hydrogen-bond donors (Lipinski definition) is 2. The lowest BCUT2D eigenvalue weighted by Gasteiger charge is -2.17. The number of nitrogens with two attached hydrogens (primary N) is 1. The first kappa shape index (κ1) is 13.7. The summed E-state index contributed by atoms with van der Waals surface area (Å²) in [5.74, 6) is 0.555. The molecule has 0 aliphatic carbocycles. The van der Waals surface area contributed by atoms with Gasteiger partial charge in [-0.3, -0.25) is 0 Å². The summed E-state index contributed by atoms with van der Waals surface area (Å²) in [4.78, 5) is 0. The standard InChI is InChI=1S/C19H19NO/c20-13-18(12-17-7-3-4-8-19(17)21)16-10-9-14-5-1-2-6-15(14)11-16/h1-11,18,21H,12-13,20H2. The minimum absolute atomic E-state index is 0.211. The van der Waals surface area contributed by atoms with Gasteiger partial charge in [-0.2, -0.15) is 0 Å². The van der Waals surface area contributed by atoms with E-state index in [-0.39, 0.29) is 5.92 Å². The first-order valence-electron chi connectivity index (χ1n) is 7.23. The van der Waals surface area contributed by atoms with Crippen molar-refractivity contribution < 1.29 is 5.11 Å². The normalized spacial score (nSPS) is 12.4. The Hall–Kier alpha value is -2.32. The predicted octanol–water partition coefficient (Wildman–Crippen LogP) is 3.83. The molecule has 0 spiro atoms. The molecule has 0 fully saturated rings. The van der Waals surface area contributed by atoms with Crippen LogP contribution >= 0.6 is 0 Å². The third kappa shape index (κ3) is 2.91. The van der Waals surface area contributed by atoms with E-state index in [0.717, 1.165) is 12.0 Å². The van der Waals surface area contributed by atoms with Crippen LogP contribution in [-0.4, -0.2) is 11.7 Å². The molecule has 3 N–H and O–H groups in total. The molecule has 3 aromatic rings. The highest BCUT2D eigenvalue weighted by molar-refractivity contribution is 5.83. The Morgan fingerprint density at radius 1 is 0.857 bits per heavy atom. The molecule has 2 nitrogen and oxygen atoms in total. The maximum atomic E-state index is 9.93. The van der Waals surface area contributed by atoms with Gasteiger partial charge in [-0.05, 0) is 40.9 Å². The number of benzene rings is 3. The molecule has 0 heterocycles. The highest BCUT2D eigenvalue weighted by Crippen LogP contribution is 2.27. The molecule has 1 atom stereocenters. The maximum absolute atomic E-state index is 9.93. The van der Waals surface area contributed by atoms with Crippen molar-refractivity contribution >= 4 is 10.8 Å². The number of fused-ring (bicyclic) bond motifs is 1. The molecule has 106 valence electrons. The average Bonchev–Trinajstić information content (AvgIpc) is 2.54. The Morgan fingerprint density at radius 3 is 2.33 bits per heavy atom. The van der Waals surface area contributed by atoms with Gasteiger partial charge in [-0.25, -0.2) is 0 Å². The molecule has 0 aliphatic heterocycles. The monoisotopic (exact) mass is 277 g/mol. The van der Waals surface area contributed by atoms with Gasteiger partial charge in [0.1, 0.15) is 5.75 Å². The van der Waals surface area contributed by atoms with E-state index in [9.17, 15) is 5.11 Å². The first-order valence-corrected chi connectivity index (χ1v) is 7.23. The Bertz CT molecular complexity index is 751. The molecule has 1 unspecified atom stereocenters. The zero-order valence-corrected chi connectivity index (χ0v) is 11.9. The van der Waals surface area contributed by atoms with Crippen LogP contribution in [0, 0.1) is 0 Å². The molecular formula is C19H19NO. The molecule has 0 aromatic heterocycles. The fourth-order valence-electron chi connectivity index (χ4n) is 2.75. The highest BCUT2D eigenvalue weighted by atomic mass is 16.3. The van der Waals surface area contributed by atoms with Gasteiger partial charge in [-0.1, -0.05) is 60.7 Å². The van der Waals surface area contributed by atoms with E-state index in [0.29, 0.717) is 12.3 Å². The smallest absolute Gasteiger partial charge is 0.118 e. The fourth-order valence-corrected chi connectivity index (χ4v) is 2.75. The quantitative estimate of drug-likeness (QED) is 0.761. The van der Waals surface area contributed by atoms with Crippen molar-refractivity contribution in [3.8, 4) is 5.75 Å². The van der Waals surface area contributed by atoms with E-state index < -0.39 is 0 Å². The summed E-state index contributed by atoms with van der Waals surface area (Å²) in [6, 6.07) is 22.3. The molecule has 2 heteroatoms. The summed E-state index contributed by atoms with van der Waals surface area (Å²) >= 11 is 0. The zero-order chi connectivity index (χ0) is 14.7. The highest BCUT2D eigenvalue weighted by Gasteiger charge is 2.13. The topological polar surface area (TPSA) is 46.2 Å². The van der Waals surface area contributed by atoms with Gasteiger partial charge in [0.25, 0.3) is 0 Å². The molecule has 0 radical (unpaired) electrons. The van der Waals surface area contributed by atoms with Gasteiger partial charge in [0.2, 0.25) is 0 Å². The summed E-state index contributed by atoms with van der Waals surface area (Å²) < 4.78 is 0. The molecule has 21 heavy (non-hydrogen) atoms. The van der Waals surface area contributed by atoms with Crippen LogP contribution in [0.25, 0.3) is 10.8 Å². The van der Waals surface area contributed by atoms with E-state index in [4.69, 9.17) is 5.73 Å². The Kier molecular flexibility index (Phi) is 3.89. The maximum Gasteiger partial charge on any atom is 0.118 e. The van der Waals surface area contributed by atoms with Crippen molar-refractivity contribution in [1.82, 2.24) is 0 Å². The van der Waals surface area contributed by atoms with Gasteiger partial charge in [0, 0.05) is 5.92 Å². The van der Waals surface area contributed by atoms with E-state index >= 15 is 0 Å². The Labute approximate surface area is 124 Å². The van der Waals surface area contributed by atoms with Crippen LogP contribution in [-0.2, 0) is 6.42 Å². The van der Waals surface area contributed by atoms with Crippen molar-refractivity contribution in [2.45, 2.75) is 12.3 Å². The summed E-state index contributed by atoms with van der Waals surface area (Å²) in [5.41, 5.74) is 8.13. The minimum atomic E-state index is 0.211. The largest absolute Gasteiger partial charge is 0.508 e. The van der Waals surface area contributed by atoms with E-state index in [1.165, 1.54) is 16.3 Å². The first-order chi connectivity index (χ1) is 10.3. The van der Waals surface area contributed by atoms with Crippen molar-refractivity contribution in [2.75, 3.05) is 6.54 Å². The fraction of sp³-hybridized carbons (Fsp3) is 0.158. The molecule has 0 saturated carbocycles. The number of rotatable bonds is 4. The van der Waals surface area contributed by atoms with E-state index in [1.54, 1.807) is 6.07 Å². The molecule has 0 bridgehead atoms. The van der Waals surface area contributed by atoms with Crippen LogP contribution in [0.1, 0.15) is 17.0 Å². The lowest BCUT2D eigenvalue weighted by Crippen LogP contribution is -2.15. The van der Waals surface area contributed by atoms with Crippen molar-refractivity contribution in [2.24, 2.45) is 5.73 Å². The molecule has 0 aliphatic rings. The molecular weight excluding hydrogens is 258 g/mol. The number of para-hydroxylation sites is 1. The van der Waals surface area contributed by atoms with Gasteiger partial charge in [0.15, 0.2) is 0 Å². The van der Waals surface area contributed by atoms with E-state index in [1.807, 2.05) is 30.3 Å². The number of phenolic OH excluding ortho intramolecular Hbond substituents is 1. The van der Waals surface area contributed by atoms with Gasteiger partial charge >= 0.3 is 0 Å². The van der Waals surface area contributed by atoms with Crippen molar-refractivity contribution in [1.29, 1.82) is 0 Å². The summed E-state index contributed by atoms with van der Waals surface area (Å²) in [6.07, 6.45) is 0.752. The molecule has 3 aromatic carbocycles. The summed E-state index contributed by atoms with van der Waals surface area (Å²) in [6.45, 7) is 0.562. The Balaban J connectivity index is 1.93. The van der Waals surface area contributed by atoms with Crippen LogP contribution in [0.5, 0.6) is 5.75 Å². The van der Waals surface area contributed by atoms with Crippen LogP contribution in [0.2, 0.25) is 0 Å². The van der Waals surface area contributed by atoms with Gasteiger partial charge < -0.3 is 10.8 Å². The second-order valence-corrected chi connectivity index (χ2v) is 5.37. The van der Waals surface area contributed by atoms with Crippen LogP contribution in [0.4, 0.5) is 0 Å². The summed E-state index contributed by atoms with van der Waals surface area (Å²) in [5, 5.41) is 12.4. The van der Waals surface area contributed by atoms with Gasteiger partial charge in [0.05, 0.1) is 0 Å². The molecule has 0 saturated heterocycles. The second-order valence-electron chi connectivity index (χ2n) is 5.37. The predicted molar refractivity (Wildman–Crippen MR) is 87.6 cm³/mol. The minimum Gasteiger partial charge on any atom is -0.508 e. The second kappa shape index (κ2) is 5.98. The lowest BCUT2D eigenvalue weighted by atomic mass is 9.90.